The van der Waals surface area contributed by atoms with Crippen molar-refractivity contribution in [3.8, 4) is 0 Å². The maximum atomic E-state index is 13.5. The second-order valence-corrected chi connectivity index (χ2v) is 4.48. The van der Waals surface area contributed by atoms with Crippen LogP contribution in [-0.2, 0) is 6.54 Å². The molecule has 0 aliphatic heterocycles. The summed E-state index contributed by atoms with van der Waals surface area (Å²) in [7, 11) is 0. The molecule has 102 valence electrons. The Kier molecular flexibility index (Phi) is 3.10. The molecule has 3 nitrogen and oxygen atoms in total. The molecule has 0 aliphatic rings. The molecule has 3 aromatic rings. The molecule has 0 aliphatic carbocycles. The molecule has 0 radical (unpaired) electrons. The Bertz CT molecular complexity index is 768. The lowest BCUT2D eigenvalue weighted by Crippen LogP contribution is -2.03. The molecule has 3 rings (SSSR count). The summed E-state index contributed by atoms with van der Waals surface area (Å²) in [4.78, 5) is 4.22. The molecule has 0 amide bonds. The van der Waals surface area contributed by atoms with Gasteiger partial charge in [-0.25, -0.2) is 13.8 Å². The van der Waals surface area contributed by atoms with E-state index in [0.717, 1.165) is 17.3 Å². The van der Waals surface area contributed by atoms with Crippen LogP contribution in [0.2, 0.25) is 0 Å². The third-order valence-corrected chi connectivity index (χ3v) is 3.01. The van der Waals surface area contributed by atoms with Gasteiger partial charge in [-0.15, -0.1) is 0 Å². The monoisotopic (exact) mass is 274 g/mol. The normalized spacial score (nSPS) is 10.9. The number of fused-ring (bicyclic) bond motifs is 1. The van der Waals surface area contributed by atoms with Gasteiger partial charge in [-0.1, -0.05) is 12.1 Å². The Morgan fingerprint density at radius 2 is 2.05 bits per heavy atom. The zero-order valence-electron chi connectivity index (χ0n) is 10.8. The van der Waals surface area contributed by atoms with E-state index in [-0.39, 0.29) is 12.1 Å². The lowest BCUT2D eigenvalue weighted by molar-refractivity contribution is 0.500. The van der Waals surface area contributed by atoms with Gasteiger partial charge in [0.25, 0.3) is 0 Å². The van der Waals surface area contributed by atoms with Crippen LogP contribution in [0.5, 0.6) is 0 Å². The molecular formula is C15H12F2N2O. The Balaban J connectivity index is 1.81. The summed E-state index contributed by atoms with van der Waals surface area (Å²) in [6, 6.07) is 9.54. The number of rotatable bonds is 3. The van der Waals surface area contributed by atoms with E-state index in [9.17, 15) is 8.78 Å². The molecule has 0 atom stereocenters. The molecule has 0 bridgehead atoms. The highest BCUT2D eigenvalue weighted by Crippen LogP contribution is 2.20. The number of nitrogens with zero attached hydrogens (tertiary/aromatic N) is 1. The smallest absolute Gasteiger partial charge is 0.192 e. The van der Waals surface area contributed by atoms with Crippen molar-refractivity contribution in [3.63, 3.8) is 0 Å². The summed E-state index contributed by atoms with van der Waals surface area (Å²) in [6.45, 7) is 1.97. The predicted molar refractivity (Wildman–Crippen MR) is 72.4 cm³/mol. The highest BCUT2D eigenvalue weighted by molar-refractivity contribution is 5.77. The number of aromatic nitrogens is 1. The van der Waals surface area contributed by atoms with Gasteiger partial charge in [-0.05, 0) is 24.3 Å². The van der Waals surface area contributed by atoms with E-state index in [4.69, 9.17) is 4.42 Å². The fourth-order valence-corrected chi connectivity index (χ4v) is 2.03. The van der Waals surface area contributed by atoms with Crippen LogP contribution in [0.3, 0.4) is 0 Å². The number of hydrogen-bond donors (Lipinski definition) is 1. The SMILES string of the molecule is Cc1nc2cc(NCc3cccc(F)c3F)ccc2o1. The van der Waals surface area contributed by atoms with E-state index < -0.39 is 11.6 Å². The standard InChI is InChI=1S/C15H12F2N2O/c1-9-19-13-7-11(5-6-14(13)20-9)18-8-10-3-2-4-12(16)15(10)17/h2-7,18H,8H2,1H3. The number of aryl methyl sites for hydroxylation is 1. The summed E-state index contributed by atoms with van der Waals surface area (Å²) in [5.74, 6) is -1.07. The number of benzene rings is 2. The first-order valence-corrected chi connectivity index (χ1v) is 6.17. The van der Waals surface area contributed by atoms with Crippen LogP contribution < -0.4 is 5.32 Å². The van der Waals surface area contributed by atoms with Crippen molar-refractivity contribution in [1.29, 1.82) is 0 Å². The summed E-state index contributed by atoms with van der Waals surface area (Å²) in [5, 5.41) is 3.04. The van der Waals surface area contributed by atoms with Crippen molar-refractivity contribution in [2.24, 2.45) is 0 Å². The second kappa shape index (κ2) is 4.92. The minimum Gasteiger partial charge on any atom is -0.441 e. The summed E-state index contributed by atoms with van der Waals surface area (Å²) < 4.78 is 32.0. The molecule has 20 heavy (non-hydrogen) atoms. The van der Waals surface area contributed by atoms with Crippen molar-refractivity contribution in [1.82, 2.24) is 4.98 Å². The lowest BCUT2D eigenvalue weighted by atomic mass is 10.2. The highest BCUT2D eigenvalue weighted by atomic mass is 19.2. The fourth-order valence-electron chi connectivity index (χ4n) is 2.03. The number of oxazole rings is 1. The maximum absolute atomic E-state index is 13.5. The van der Waals surface area contributed by atoms with E-state index in [0.29, 0.717) is 11.5 Å². The average Bonchev–Trinajstić information content (AvgIpc) is 2.79. The molecule has 0 unspecified atom stereocenters. The number of anilines is 1. The first-order chi connectivity index (χ1) is 9.63. The number of halogens is 2. The second-order valence-electron chi connectivity index (χ2n) is 4.48. The van der Waals surface area contributed by atoms with Gasteiger partial charge >= 0.3 is 0 Å². The third kappa shape index (κ3) is 2.34. The molecule has 5 heteroatoms. The van der Waals surface area contributed by atoms with Crippen LogP contribution in [0, 0.1) is 18.6 Å². The molecule has 2 aromatic carbocycles. The fraction of sp³-hybridized carbons (Fsp3) is 0.133. The molecule has 1 heterocycles. The van der Waals surface area contributed by atoms with E-state index in [2.05, 4.69) is 10.3 Å². The minimum atomic E-state index is -0.841. The van der Waals surface area contributed by atoms with Crippen LogP contribution in [0.1, 0.15) is 11.5 Å². The lowest BCUT2D eigenvalue weighted by Gasteiger charge is -2.07. The van der Waals surface area contributed by atoms with Gasteiger partial charge in [0.2, 0.25) is 0 Å². The van der Waals surface area contributed by atoms with Gasteiger partial charge in [0.15, 0.2) is 23.1 Å². The topological polar surface area (TPSA) is 38.1 Å². The van der Waals surface area contributed by atoms with Gasteiger partial charge in [0, 0.05) is 24.7 Å². The summed E-state index contributed by atoms with van der Waals surface area (Å²) >= 11 is 0. The zero-order chi connectivity index (χ0) is 14.1. The first-order valence-electron chi connectivity index (χ1n) is 6.17. The van der Waals surface area contributed by atoms with Crippen molar-refractivity contribution in [2.45, 2.75) is 13.5 Å². The van der Waals surface area contributed by atoms with E-state index in [1.165, 1.54) is 6.07 Å². The molecule has 0 saturated carbocycles. The van der Waals surface area contributed by atoms with Crippen molar-refractivity contribution < 1.29 is 13.2 Å². The van der Waals surface area contributed by atoms with Crippen molar-refractivity contribution in [3.05, 3.63) is 59.5 Å². The van der Waals surface area contributed by atoms with Crippen molar-refractivity contribution >= 4 is 16.8 Å². The Hall–Kier alpha value is -2.43. The summed E-state index contributed by atoms with van der Waals surface area (Å²) in [5.41, 5.74) is 2.48. The quantitative estimate of drug-likeness (QED) is 0.783. The third-order valence-electron chi connectivity index (χ3n) is 3.01. The van der Waals surface area contributed by atoms with E-state index >= 15 is 0 Å². The van der Waals surface area contributed by atoms with Crippen LogP contribution in [0.25, 0.3) is 11.1 Å². The van der Waals surface area contributed by atoms with E-state index in [1.54, 1.807) is 19.1 Å². The van der Waals surface area contributed by atoms with Gasteiger partial charge in [-0.2, -0.15) is 0 Å². The van der Waals surface area contributed by atoms with Crippen LogP contribution in [-0.4, -0.2) is 4.98 Å². The van der Waals surface area contributed by atoms with Crippen molar-refractivity contribution in [2.75, 3.05) is 5.32 Å². The molecule has 0 saturated heterocycles. The Labute approximate surface area is 114 Å². The number of hydrogen-bond acceptors (Lipinski definition) is 3. The van der Waals surface area contributed by atoms with Crippen LogP contribution in [0.15, 0.2) is 40.8 Å². The van der Waals surface area contributed by atoms with Gasteiger partial charge in [0.05, 0.1) is 0 Å². The van der Waals surface area contributed by atoms with Crippen LogP contribution >= 0.6 is 0 Å². The average molecular weight is 274 g/mol. The zero-order valence-corrected chi connectivity index (χ0v) is 10.8. The van der Waals surface area contributed by atoms with Crippen LogP contribution in [0.4, 0.5) is 14.5 Å². The highest BCUT2D eigenvalue weighted by Gasteiger charge is 2.08. The maximum Gasteiger partial charge on any atom is 0.192 e. The minimum absolute atomic E-state index is 0.200. The summed E-state index contributed by atoms with van der Waals surface area (Å²) in [6.07, 6.45) is 0. The molecular weight excluding hydrogens is 262 g/mol. The largest absolute Gasteiger partial charge is 0.441 e. The van der Waals surface area contributed by atoms with E-state index in [1.807, 2.05) is 12.1 Å². The molecule has 1 N–H and O–H groups in total. The molecule has 0 spiro atoms. The van der Waals surface area contributed by atoms with Gasteiger partial charge in [-0.3, -0.25) is 0 Å². The predicted octanol–water partition coefficient (Wildman–Crippen LogP) is 4.03. The Morgan fingerprint density at radius 1 is 1.20 bits per heavy atom. The first kappa shape index (κ1) is 12.6. The van der Waals surface area contributed by atoms with Gasteiger partial charge in [0.1, 0.15) is 5.52 Å². The Morgan fingerprint density at radius 3 is 2.90 bits per heavy atom. The molecule has 1 aromatic heterocycles. The van der Waals surface area contributed by atoms with Gasteiger partial charge < -0.3 is 9.73 Å². The number of nitrogens with one attached hydrogen (secondary N) is 1. The molecule has 0 fully saturated rings.